The molecule has 0 atom stereocenters. The lowest BCUT2D eigenvalue weighted by atomic mass is 10.00. The fourth-order valence-electron chi connectivity index (χ4n) is 2.50. The minimum Gasteiger partial charge on any atom is -0.307 e. The predicted octanol–water partition coefficient (Wildman–Crippen LogP) is 4.44. The van der Waals surface area contributed by atoms with Gasteiger partial charge in [-0.15, -0.1) is 11.3 Å². The van der Waals surface area contributed by atoms with E-state index in [9.17, 15) is 13.2 Å². The van der Waals surface area contributed by atoms with Crippen molar-refractivity contribution in [3.8, 4) is 0 Å². The first-order valence-corrected chi connectivity index (χ1v) is 10.3. The van der Waals surface area contributed by atoms with Gasteiger partial charge in [-0.05, 0) is 55.5 Å². The third-order valence-corrected chi connectivity index (χ3v) is 7.42. The van der Waals surface area contributed by atoms with Gasteiger partial charge in [0.25, 0.3) is 10.0 Å². The van der Waals surface area contributed by atoms with Crippen LogP contribution >= 0.6 is 34.5 Å². The van der Waals surface area contributed by atoms with E-state index < -0.39 is 16.1 Å². The molecule has 2 N–H and O–H groups in total. The number of thiophene rings is 1. The van der Waals surface area contributed by atoms with Crippen LogP contribution < -0.4 is 10.0 Å². The molecule has 1 aliphatic rings. The maximum Gasteiger partial charge on any atom is 0.333 e. The second-order valence-corrected chi connectivity index (χ2v) is 9.27. The van der Waals surface area contributed by atoms with Crippen molar-refractivity contribution in [2.45, 2.75) is 29.9 Å². The summed E-state index contributed by atoms with van der Waals surface area (Å²) in [4.78, 5) is 13.1. The summed E-state index contributed by atoms with van der Waals surface area (Å²) in [6.07, 6.45) is 3.91. The number of benzene rings is 1. The van der Waals surface area contributed by atoms with Crippen molar-refractivity contribution in [1.82, 2.24) is 4.72 Å². The zero-order valence-corrected chi connectivity index (χ0v) is 15.6. The van der Waals surface area contributed by atoms with Crippen LogP contribution in [0.25, 0.3) is 0 Å². The number of hydrogen-bond donors (Lipinski definition) is 2. The topological polar surface area (TPSA) is 75.3 Å². The van der Waals surface area contributed by atoms with Crippen molar-refractivity contribution in [3.05, 3.63) is 44.8 Å². The van der Waals surface area contributed by atoms with Crippen LogP contribution in [0, 0.1) is 0 Å². The molecule has 2 aromatic rings. The number of nitrogens with one attached hydrogen (secondary N) is 2. The van der Waals surface area contributed by atoms with Gasteiger partial charge in [-0.1, -0.05) is 23.2 Å². The first-order valence-electron chi connectivity index (χ1n) is 7.25. The highest BCUT2D eigenvalue weighted by atomic mass is 35.5. The summed E-state index contributed by atoms with van der Waals surface area (Å²) in [6, 6.07) is 5.30. The van der Waals surface area contributed by atoms with Gasteiger partial charge < -0.3 is 5.32 Å². The minimum absolute atomic E-state index is 0.165. The molecular formula is C15H14Cl2N2O3S2. The third-order valence-electron chi connectivity index (χ3n) is 3.64. The number of aryl methyl sites for hydroxylation is 2. The van der Waals surface area contributed by atoms with Crippen LogP contribution in [0.15, 0.2) is 28.5 Å². The van der Waals surface area contributed by atoms with Gasteiger partial charge in [0.1, 0.15) is 4.21 Å². The van der Waals surface area contributed by atoms with Crippen molar-refractivity contribution in [2.24, 2.45) is 0 Å². The molecule has 128 valence electrons. The Balaban J connectivity index is 1.72. The maximum atomic E-state index is 12.4. The van der Waals surface area contributed by atoms with Crippen LogP contribution in [0.5, 0.6) is 0 Å². The average Bonchev–Trinajstić information content (AvgIpc) is 2.95. The Bertz CT molecular complexity index is 871. The van der Waals surface area contributed by atoms with E-state index in [-0.39, 0.29) is 9.23 Å². The largest absolute Gasteiger partial charge is 0.333 e. The molecule has 1 aromatic heterocycles. The van der Waals surface area contributed by atoms with Crippen molar-refractivity contribution >= 4 is 56.3 Å². The van der Waals surface area contributed by atoms with E-state index in [4.69, 9.17) is 23.2 Å². The van der Waals surface area contributed by atoms with E-state index in [0.29, 0.717) is 10.7 Å². The van der Waals surface area contributed by atoms with Gasteiger partial charge in [0.2, 0.25) is 0 Å². The molecule has 0 spiro atoms. The highest BCUT2D eigenvalue weighted by Gasteiger charge is 2.23. The summed E-state index contributed by atoms with van der Waals surface area (Å²) in [5, 5.41) is 3.04. The summed E-state index contributed by atoms with van der Waals surface area (Å²) in [5.74, 6) is 0. The summed E-state index contributed by atoms with van der Waals surface area (Å²) >= 11 is 12.9. The number of sulfonamides is 1. The van der Waals surface area contributed by atoms with Gasteiger partial charge >= 0.3 is 6.03 Å². The van der Waals surface area contributed by atoms with Crippen molar-refractivity contribution < 1.29 is 13.2 Å². The van der Waals surface area contributed by atoms with Gasteiger partial charge in [0.15, 0.2) is 0 Å². The standard InChI is InChI=1S/C15H14Cl2N2O3S2/c16-11-6-5-10(8-12(11)17)18-15(20)19-24(21,22)14-7-9-3-1-2-4-13(9)23-14/h5-8H,1-4H2,(H2,18,19,20). The molecule has 24 heavy (non-hydrogen) atoms. The van der Waals surface area contributed by atoms with Crippen molar-refractivity contribution in [3.63, 3.8) is 0 Å². The smallest absolute Gasteiger partial charge is 0.307 e. The Kier molecular flexibility index (Phi) is 5.05. The fourth-order valence-corrected chi connectivity index (χ4v) is 5.34. The maximum absolute atomic E-state index is 12.4. The van der Waals surface area contributed by atoms with Crippen LogP contribution in [0.1, 0.15) is 23.3 Å². The number of carbonyl (C=O) groups excluding carboxylic acids is 1. The molecule has 5 nitrogen and oxygen atoms in total. The van der Waals surface area contributed by atoms with Gasteiger partial charge in [0, 0.05) is 10.6 Å². The molecule has 1 aliphatic carbocycles. The Morgan fingerprint density at radius 2 is 1.83 bits per heavy atom. The highest BCUT2D eigenvalue weighted by molar-refractivity contribution is 7.92. The van der Waals surface area contributed by atoms with Gasteiger partial charge in [-0.25, -0.2) is 17.9 Å². The number of halogens is 2. The predicted molar refractivity (Wildman–Crippen MR) is 96.8 cm³/mol. The van der Waals surface area contributed by atoms with Crippen molar-refractivity contribution in [2.75, 3.05) is 5.32 Å². The molecule has 2 amide bonds. The Hall–Kier alpha value is -1.28. The third kappa shape index (κ3) is 3.85. The number of rotatable bonds is 3. The molecule has 0 fully saturated rings. The summed E-state index contributed by atoms with van der Waals surface area (Å²) < 4.78 is 26.9. The molecule has 0 saturated heterocycles. The molecule has 3 rings (SSSR count). The summed E-state index contributed by atoms with van der Waals surface area (Å²) in [7, 11) is -3.89. The molecule has 0 saturated carbocycles. The van der Waals surface area contributed by atoms with Gasteiger partial charge in [-0.2, -0.15) is 0 Å². The number of amides is 2. The van der Waals surface area contributed by atoms with E-state index >= 15 is 0 Å². The summed E-state index contributed by atoms with van der Waals surface area (Å²) in [6.45, 7) is 0. The van der Waals surface area contributed by atoms with Gasteiger partial charge in [0.05, 0.1) is 10.0 Å². The van der Waals surface area contributed by atoms with Crippen LogP contribution in [0.4, 0.5) is 10.5 Å². The first kappa shape index (κ1) is 17.5. The quantitative estimate of drug-likeness (QED) is 0.793. The SMILES string of the molecule is O=C(Nc1ccc(Cl)c(Cl)c1)NS(=O)(=O)c1cc2c(s1)CCCC2. The van der Waals surface area contributed by atoms with E-state index in [1.165, 1.54) is 29.5 Å². The molecule has 1 heterocycles. The average molecular weight is 405 g/mol. The van der Waals surface area contributed by atoms with Gasteiger partial charge in [-0.3, -0.25) is 0 Å². The number of carbonyl (C=O) groups is 1. The van der Waals surface area contributed by atoms with E-state index in [2.05, 4.69) is 5.32 Å². The van der Waals surface area contributed by atoms with Crippen LogP contribution in [-0.4, -0.2) is 14.4 Å². The lowest BCUT2D eigenvalue weighted by Crippen LogP contribution is -2.33. The zero-order chi connectivity index (χ0) is 17.3. The number of urea groups is 1. The zero-order valence-electron chi connectivity index (χ0n) is 12.4. The lowest BCUT2D eigenvalue weighted by Gasteiger charge is -2.08. The Labute approximate surface area is 154 Å². The lowest BCUT2D eigenvalue weighted by molar-refractivity contribution is 0.256. The second-order valence-electron chi connectivity index (χ2n) is 5.41. The molecule has 0 bridgehead atoms. The Morgan fingerprint density at radius 1 is 1.08 bits per heavy atom. The first-order chi connectivity index (χ1) is 11.3. The normalized spacial score (nSPS) is 14.1. The van der Waals surface area contributed by atoms with Crippen molar-refractivity contribution in [1.29, 1.82) is 0 Å². The number of anilines is 1. The molecule has 0 aliphatic heterocycles. The Morgan fingerprint density at radius 3 is 2.54 bits per heavy atom. The van der Waals surface area contributed by atoms with E-state index in [1.807, 2.05) is 4.72 Å². The minimum atomic E-state index is -3.89. The fraction of sp³-hybridized carbons (Fsp3) is 0.267. The highest BCUT2D eigenvalue weighted by Crippen LogP contribution is 2.32. The number of hydrogen-bond acceptors (Lipinski definition) is 4. The monoisotopic (exact) mass is 404 g/mol. The number of fused-ring (bicyclic) bond motifs is 1. The molecular weight excluding hydrogens is 391 g/mol. The van der Waals surface area contributed by atoms with Crippen LogP contribution in [-0.2, 0) is 22.9 Å². The summed E-state index contributed by atoms with van der Waals surface area (Å²) in [5.41, 5.74) is 1.42. The van der Waals surface area contributed by atoms with Crippen LogP contribution in [0.3, 0.4) is 0 Å². The molecule has 0 radical (unpaired) electrons. The molecule has 1 aromatic carbocycles. The van der Waals surface area contributed by atoms with E-state index in [1.54, 1.807) is 6.07 Å². The van der Waals surface area contributed by atoms with Crippen LogP contribution in [0.2, 0.25) is 10.0 Å². The molecule has 0 unspecified atom stereocenters. The molecule has 9 heteroatoms. The van der Waals surface area contributed by atoms with E-state index in [0.717, 1.165) is 36.1 Å². The second kappa shape index (κ2) is 6.92.